The van der Waals surface area contributed by atoms with Crippen molar-refractivity contribution in [1.29, 1.82) is 0 Å². The largest absolute Gasteiger partial charge is 0.441 e. The third-order valence-corrected chi connectivity index (χ3v) is 2.76. The molecule has 0 aliphatic carbocycles. The van der Waals surface area contributed by atoms with E-state index < -0.39 is 22.1 Å². The van der Waals surface area contributed by atoms with Crippen LogP contribution in [0.15, 0.2) is 30.3 Å². The molecule has 0 N–H and O–H groups in total. The van der Waals surface area contributed by atoms with Gasteiger partial charge in [-0.3, -0.25) is 4.79 Å². The minimum Gasteiger partial charge on any atom is -0.441 e. The maximum Gasteiger partial charge on any atom is 0.307 e. The van der Waals surface area contributed by atoms with Gasteiger partial charge in [-0.2, -0.15) is 0 Å². The second-order valence-electron chi connectivity index (χ2n) is 3.29. The quantitative estimate of drug-likeness (QED) is 0.630. The number of benzene rings is 1. The lowest BCUT2D eigenvalue weighted by molar-refractivity contribution is -0.145. The molecule has 1 unspecified atom stereocenters. The first-order chi connectivity index (χ1) is 7.65. The zero-order valence-corrected chi connectivity index (χ0v) is 9.85. The first-order valence-electron chi connectivity index (χ1n) is 5.03. The molecule has 0 aliphatic rings. The predicted molar refractivity (Wildman–Crippen MR) is 60.5 cm³/mol. The minimum atomic E-state index is -2.83. The standard InChI is InChI=1S/C11H14O4S/c1-2-6-10(12)15-11(16(13)14)9-7-4-3-5-8-9/h3-5,7-8,11,16H,2,6H2,1H3. The fourth-order valence-corrected chi connectivity index (χ4v) is 1.86. The molecule has 0 radical (unpaired) electrons. The molecule has 0 aliphatic heterocycles. The van der Waals surface area contributed by atoms with Gasteiger partial charge in [0.15, 0.2) is 10.7 Å². The summed E-state index contributed by atoms with van der Waals surface area (Å²) in [4.78, 5) is 11.2. The maximum atomic E-state index is 11.2. The predicted octanol–water partition coefficient (Wildman–Crippen LogP) is 1.64. The van der Waals surface area contributed by atoms with Gasteiger partial charge in [0.05, 0.1) is 0 Å². The van der Waals surface area contributed by atoms with Crippen molar-refractivity contribution in [2.24, 2.45) is 0 Å². The number of carbonyl (C=O) groups is 1. The average Bonchev–Trinajstić information content (AvgIpc) is 2.27. The highest BCUT2D eigenvalue weighted by Crippen LogP contribution is 2.18. The van der Waals surface area contributed by atoms with Crippen LogP contribution in [0.4, 0.5) is 0 Å². The van der Waals surface area contributed by atoms with Crippen LogP contribution in [0, 0.1) is 0 Å². The molecule has 16 heavy (non-hydrogen) atoms. The Hall–Kier alpha value is -1.36. The van der Waals surface area contributed by atoms with Crippen molar-refractivity contribution >= 4 is 16.7 Å². The van der Waals surface area contributed by atoms with Crippen molar-refractivity contribution in [2.75, 3.05) is 0 Å². The Labute approximate surface area is 96.2 Å². The monoisotopic (exact) mass is 242 g/mol. The van der Waals surface area contributed by atoms with Gasteiger partial charge in [-0.15, -0.1) is 0 Å². The third-order valence-electron chi connectivity index (χ3n) is 1.97. The van der Waals surface area contributed by atoms with E-state index in [0.717, 1.165) is 0 Å². The molecule has 5 heteroatoms. The highest BCUT2D eigenvalue weighted by Gasteiger charge is 2.18. The van der Waals surface area contributed by atoms with E-state index in [1.165, 1.54) is 0 Å². The van der Waals surface area contributed by atoms with Gasteiger partial charge in [0, 0.05) is 12.0 Å². The highest BCUT2D eigenvalue weighted by molar-refractivity contribution is 7.72. The lowest BCUT2D eigenvalue weighted by Crippen LogP contribution is -2.12. The fraction of sp³-hybridized carbons (Fsp3) is 0.364. The topological polar surface area (TPSA) is 60.4 Å². The molecule has 0 bridgehead atoms. The van der Waals surface area contributed by atoms with Gasteiger partial charge in [-0.1, -0.05) is 37.3 Å². The summed E-state index contributed by atoms with van der Waals surface area (Å²) >= 11 is 0. The van der Waals surface area contributed by atoms with Crippen molar-refractivity contribution in [1.82, 2.24) is 0 Å². The zero-order valence-electron chi connectivity index (χ0n) is 8.96. The number of thiol groups is 1. The molecule has 0 amide bonds. The van der Waals surface area contributed by atoms with Gasteiger partial charge in [0.25, 0.3) is 0 Å². The first-order valence-corrected chi connectivity index (χ1v) is 6.27. The van der Waals surface area contributed by atoms with Gasteiger partial charge in [-0.25, -0.2) is 8.42 Å². The van der Waals surface area contributed by atoms with Crippen molar-refractivity contribution in [2.45, 2.75) is 25.2 Å². The zero-order chi connectivity index (χ0) is 12.0. The molecule has 1 aromatic carbocycles. The Kier molecular flexibility index (Phi) is 4.98. The highest BCUT2D eigenvalue weighted by atomic mass is 32.2. The van der Waals surface area contributed by atoms with Crippen LogP contribution in [0.1, 0.15) is 30.8 Å². The Morgan fingerprint density at radius 2 is 1.94 bits per heavy atom. The minimum absolute atomic E-state index is 0.229. The number of hydrogen-bond acceptors (Lipinski definition) is 4. The third kappa shape index (κ3) is 3.66. The van der Waals surface area contributed by atoms with Gasteiger partial charge >= 0.3 is 5.97 Å². The van der Waals surface area contributed by atoms with E-state index in [1.807, 2.05) is 6.92 Å². The average molecular weight is 242 g/mol. The maximum absolute atomic E-state index is 11.2. The van der Waals surface area contributed by atoms with Crippen LogP contribution >= 0.6 is 0 Å². The lowest BCUT2D eigenvalue weighted by atomic mass is 10.2. The van der Waals surface area contributed by atoms with Crippen LogP contribution in [0.2, 0.25) is 0 Å². The summed E-state index contributed by atoms with van der Waals surface area (Å²) in [5.74, 6) is -0.490. The molecule has 0 saturated carbocycles. The number of carbonyl (C=O) groups excluding carboxylic acids is 1. The van der Waals surface area contributed by atoms with Crippen LogP contribution in [-0.4, -0.2) is 14.4 Å². The van der Waals surface area contributed by atoms with Crippen LogP contribution in [-0.2, 0) is 20.2 Å². The van der Waals surface area contributed by atoms with Gasteiger partial charge in [0.2, 0.25) is 5.44 Å². The van der Waals surface area contributed by atoms with E-state index in [-0.39, 0.29) is 6.42 Å². The Balaban J connectivity index is 2.81. The lowest BCUT2D eigenvalue weighted by Gasteiger charge is -2.11. The number of ether oxygens (including phenoxy) is 1. The molecule has 4 nitrogen and oxygen atoms in total. The van der Waals surface area contributed by atoms with E-state index in [9.17, 15) is 13.2 Å². The summed E-state index contributed by atoms with van der Waals surface area (Å²) in [6, 6.07) is 8.42. The number of rotatable bonds is 5. The second kappa shape index (κ2) is 6.27. The molecular weight excluding hydrogens is 228 g/mol. The summed E-state index contributed by atoms with van der Waals surface area (Å²) in [7, 11) is -2.83. The molecule has 1 rings (SSSR count). The normalized spacial score (nSPS) is 12.4. The molecule has 0 heterocycles. The van der Waals surface area contributed by atoms with E-state index in [4.69, 9.17) is 4.74 Å². The Morgan fingerprint density at radius 3 is 2.44 bits per heavy atom. The van der Waals surface area contributed by atoms with Gasteiger partial charge < -0.3 is 4.74 Å². The molecule has 88 valence electrons. The SMILES string of the molecule is CCCC(=O)OC(c1ccccc1)[SH](=O)=O. The number of esters is 1. The molecule has 1 atom stereocenters. The van der Waals surface area contributed by atoms with Crippen LogP contribution in [0.5, 0.6) is 0 Å². The van der Waals surface area contributed by atoms with Crippen molar-refractivity contribution < 1.29 is 17.9 Å². The second-order valence-corrected chi connectivity index (χ2v) is 4.33. The molecule has 1 aromatic rings. The smallest absolute Gasteiger partial charge is 0.307 e. The summed E-state index contributed by atoms with van der Waals surface area (Å²) in [5.41, 5.74) is -0.696. The summed E-state index contributed by atoms with van der Waals surface area (Å²) in [6.07, 6.45) is 0.864. The van der Waals surface area contributed by atoms with E-state index >= 15 is 0 Å². The first kappa shape index (κ1) is 12.7. The molecular formula is C11H14O4S. The van der Waals surface area contributed by atoms with E-state index in [0.29, 0.717) is 12.0 Å². The van der Waals surface area contributed by atoms with Crippen molar-refractivity contribution in [3.8, 4) is 0 Å². The molecule has 0 saturated heterocycles. The van der Waals surface area contributed by atoms with Crippen molar-refractivity contribution in [3.63, 3.8) is 0 Å². The molecule has 0 fully saturated rings. The van der Waals surface area contributed by atoms with E-state index in [1.54, 1.807) is 30.3 Å². The van der Waals surface area contributed by atoms with Gasteiger partial charge in [-0.05, 0) is 6.42 Å². The van der Waals surface area contributed by atoms with Gasteiger partial charge in [0.1, 0.15) is 0 Å². The Morgan fingerprint density at radius 1 is 1.31 bits per heavy atom. The van der Waals surface area contributed by atoms with Crippen LogP contribution in [0.25, 0.3) is 0 Å². The van der Waals surface area contributed by atoms with Crippen LogP contribution in [0.3, 0.4) is 0 Å². The molecule has 0 spiro atoms. The fourth-order valence-electron chi connectivity index (χ4n) is 1.24. The van der Waals surface area contributed by atoms with Crippen molar-refractivity contribution in [3.05, 3.63) is 35.9 Å². The summed E-state index contributed by atoms with van der Waals surface area (Å²) < 4.78 is 26.9. The summed E-state index contributed by atoms with van der Waals surface area (Å²) in [6.45, 7) is 1.83. The van der Waals surface area contributed by atoms with E-state index in [2.05, 4.69) is 0 Å². The summed E-state index contributed by atoms with van der Waals surface area (Å²) in [5, 5.41) is 0. The van der Waals surface area contributed by atoms with Crippen LogP contribution < -0.4 is 0 Å². The number of hydrogen-bond donors (Lipinski definition) is 1. The molecule has 0 aromatic heterocycles. The Bertz CT molecular complexity index is 403.